The molecule has 3 N–H and O–H groups in total. The van der Waals surface area contributed by atoms with E-state index < -0.39 is 0 Å². The fraction of sp³-hybridized carbons (Fsp3) is 0.462. The Hall–Kier alpha value is -1.06. The van der Waals surface area contributed by atoms with Crippen molar-refractivity contribution >= 4 is 23.2 Å². The molecule has 0 saturated carbocycles. The molecule has 0 saturated heterocycles. The van der Waals surface area contributed by atoms with Crippen LogP contribution in [0.3, 0.4) is 0 Å². The van der Waals surface area contributed by atoms with E-state index in [0.717, 1.165) is 37.1 Å². The van der Waals surface area contributed by atoms with Crippen LogP contribution in [-0.4, -0.2) is 12.5 Å². The summed E-state index contributed by atoms with van der Waals surface area (Å²) in [5.41, 5.74) is 8.46. The molecule has 0 radical (unpaired) electrons. The van der Waals surface area contributed by atoms with Gasteiger partial charge in [-0.1, -0.05) is 17.7 Å². The van der Waals surface area contributed by atoms with Crippen molar-refractivity contribution in [1.82, 2.24) is 0 Å². The normalized spacial score (nSPS) is 18.1. The maximum atomic E-state index is 11.6. The SMILES string of the molecule is CC1C(=O)Nc2c(Cl)cc(CCCCN)cc21. The van der Waals surface area contributed by atoms with E-state index in [9.17, 15) is 4.79 Å². The predicted octanol–water partition coefficient (Wildman–Crippen LogP) is 2.68. The van der Waals surface area contributed by atoms with Crippen LogP contribution in [0.4, 0.5) is 5.69 Å². The highest BCUT2D eigenvalue weighted by molar-refractivity contribution is 6.34. The first-order valence-corrected chi connectivity index (χ1v) is 6.34. The van der Waals surface area contributed by atoms with Crippen molar-refractivity contribution in [3.63, 3.8) is 0 Å². The molecular weight excluding hydrogens is 236 g/mol. The van der Waals surface area contributed by atoms with Crippen LogP contribution in [0.5, 0.6) is 0 Å². The number of nitrogens with two attached hydrogens (primary N) is 1. The number of aryl methyl sites for hydroxylation is 1. The Bertz CT molecular complexity index is 445. The van der Waals surface area contributed by atoms with Crippen molar-refractivity contribution in [3.8, 4) is 0 Å². The van der Waals surface area contributed by atoms with Crippen molar-refractivity contribution in [3.05, 3.63) is 28.3 Å². The summed E-state index contributed by atoms with van der Waals surface area (Å²) in [6.07, 6.45) is 3.04. The van der Waals surface area contributed by atoms with Crippen molar-refractivity contribution in [2.45, 2.75) is 32.1 Å². The van der Waals surface area contributed by atoms with Gasteiger partial charge in [-0.25, -0.2) is 0 Å². The van der Waals surface area contributed by atoms with Gasteiger partial charge in [0.1, 0.15) is 0 Å². The zero-order valence-electron chi connectivity index (χ0n) is 9.92. The third-order valence-electron chi connectivity index (χ3n) is 3.21. The van der Waals surface area contributed by atoms with Gasteiger partial charge in [0.15, 0.2) is 0 Å². The molecule has 1 aliphatic rings. The lowest BCUT2D eigenvalue weighted by Crippen LogP contribution is -2.08. The number of hydrogen-bond acceptors (Lipinski definition) is 2. The van der Waals surface area contributed by atoms with E-state index in [1.807, 2.05) is 13.0 Å². The van der Waals surface area contributed by atoms with Gasteiger partial charge in [0.05, 0.1) is 16.6 Å². The number of benzene rings is 1. The maximum absolute atomic E-state index is 11.6. The maximum Gasteiger partial charge on any atom is 0.231 e. The highest BCUT2D eigenvalue weighted by Gasteiger charge is 2.28. The van der Waals surface area contributed by atoms with Crippen molar-refractivity contribution < 1.29 is 4.79 Å². The molecule has 0 aromatic heterocycles. The minimum absolute atomic E-state index is 0.0287. The zero-order valence-corrected chi connectivity index (χ0v) is 10.7. The molecular formula is C13H17ClN2O. The molecule has 0 aliphatic carbocycles. The number of hydrogen-bond donors (Lipinski definition) is 2. The Morgan fingerprint density at radius 2 is 2.18 bits per heavy atom. The van der Waals surface area contributed by atoms with Crippen LogP contribution in [-0.2, 0) is 11.2 Å². The van der Waals surface area contributed by atoms with Gasteiger partial charge in [-0.05, 0) is 49.9 Å². The number of unbranched alkanes of at least 4 members (excludes halogenated alkanes) is 1. The van der Waals surface area contributed by atoms with E-state index in [4.69, 9.17) is 17.3 Å². The molecule has 1 aromatic carbocycles. The quantitative estimate of drug-likeness (QED) is 0.810. The number of nitrogens with one attached hydrogen (secondary N) is 1. The molecule has 1 aromatic rings. The van der Waals surface area contributed by atoms with Gasteiger partial charge in [0.25, 0.3) is 0 Å². The Balaban J connectivity index is 2.22. The first-order valence-electron chi connectivity index (χ1n) is 5.96. The van der Waals surface area contributed by atoms with Crippen LogP contribution in [0, 0.1) is 0 Å². The minimum atomic E-state index is -0.100. The second-order valence-corrected chi connectivity index (χ2v) is 4.91. The van der Waals surface area contributed by atoms with Crippen LogP contribution in [0.1, 0.15) is 36.8 Å². The van der Waals surface area contributed by atoms with E-state index in [-0.39, 0.29) is 11.8 Å². The average Bonchev–Trinajstić information content (AvgIpc) is 2.58. The zero-order chi connectivity index (χ0) is 12.4. The summed E-state index contributed by atoms with van der Waals surface area (Å²) in [6, 6.07) is 4.02. The smallest absolute Gasteiger partial charge is 0.231 e. The van der Waals surface area contributed by atoms with E-state index in [0.29, 0.717) is 5.02 Å². The molecule has 0 fully saturated rings. The molecule has 0 spiro atoms. The Labute approximate surface area is 106 Å². The van der Waals surface area contributed by atoms with Gasteiger partial charge in [0.2, 0.25) is 5.91 Å². The largest absolute Gasteiger partial charge is 0.330 e. The second kappa shape index (κ2) is 5.07. The molecule has 1 atom stereocenters. The van der Waals surface area contributed by atoms with Gasteiger partial charge >= 0.3 is 0 Å². The van der Waals surface area contributed by atoms with Crippen LogP contribution >= 0.6 is 11.6 Å². The van der Waals surface area contributed by atoms with Gasteiger partial charge in [-0.2, -0.15) is 0 Å². The first-order chi connectivity index (χ1) is 8.13. The summed E-state index contributed by atoms with van der Waals surface area (Å²) in [5.74, 6) is -0.0713. The number of fused-ring (bicyclic) bond motifs is 1. The molecule has 17 heavy (non-hydrogen) atoms. The number of rotatable bonds is 4. The van der Waals surface area contributed by atoms with Gasteiger partial charge in [-0.3, -0.25) is 4.79 Å². The standard InChI is InChI=1S/C13H17ClN2O/c1-8-10-6-9(4-2-3-5-15)7-11(14)12(10)16-13(8)17/h6-8H,2-5,15H2,1H3,(H,16,17). The molecule has 1 unspecified atom stereocenters. The summed E-state index contributed by atoms with van der Waals surface area (Å²) in [4.78, 5) is 11.6. The van der Waals surface area contributed by atoms with E-state index in [2.05, 4.69) is 11.4 Å². The Morgan fingerprint density at radius 1 is 1.41 bits per heavy atom. The summed E-state index contributed by atoms with van der Waals surface area (Å²) < 4.78 is 0. The lowest BCUT2D eigenvalue weighted by atomic mass is 9.98. The number of carbonyl (C=O) groups is 1. The average molecular weight is 253 g/mol. The molecule has 2 rings (SSSR count). The van der Waals surface area contributed by atoms with E-state index in [1.54, 1.807) is 0 Å². The number of halogens is 1. The minimum Gasteiger partial charge on any atom is -0.330 e. The number of anilines is 1. The van der Waals surface area contributed by atoms with Gasteiger partial charge < -0.3 is 11.1 Å². The molecule has 4 heteroatoms. The van der Waals surface area contributed by atoms with Crippen LogP contribution in [0.25, 0.3) is 0 Å². The summed E-state index contributed by atoms with van der Waals surface area (Å²) >= 11 is 6.18. The first kappa shape index (κ1) is 12.4. The summed E-state index contributed by atoms with van der Waals surface area (Å²) in [5, 5.41) is 3.46. The lowest BCUT2D eigenvalue weighted by Gasteiger charge is -2.08. The van der Waals surface area contributed by atoms with Crippen molar-refractivity contribution in [1.29, 1.82) is 0 Å². The summed E-state index contributed by atoms with van der Waals surface area (Å²) in [7, 11) is 0. The van der Waals surface area contributed by atoms with Crippen LogP contribution < -0.4 is 11.1 Å². The topological polar surface area (TPSA) is 55.1 Å². The van der Waals surface area contributed by atoms with E-state index >= 15 is 0 Å². The molecule has 0 bridgehead atoms. The Kier molecular flexibility index (Phi) is 3.69. The monoisotopic (exact) mass is 252 g/mol. The molecule has 1 heterocycles. The van der Waals surface area contributed by atoms with Crippen molar-refractivity contribution in [2.24, 2.45) is 5.73 Å². The fourth-order valence-corrected chi connectivity index (χ4v) is 2.45. The predicted molar refractivity (Wildman–Crippen MR) is 70.5 cm³/mol. The highest BCUT2D eigenvalue weighted by Crippen LogP contribution is 2.38. The van der Waals surface area contributed by atoms with Gasteiger partial charge in [0, 0.05) is 0 Å². The van der Waals surface area contributed by atoms with E-state index in [1.165, 1.54) is 5.56 Å². The van der Waals surface area contributed by atoms with Crippen LogP contribution in [0.2, 0.25) is 5.02 Å². The summed E-state index contributed by atoms with van der Waals surface area (Å²) in [6.45, 7) is 2.62. The molecule has 1 amide bonds. The van der Waals surface area contributed by atoms with Crippen LogP contribution in [0.15, 0.2) is 12.1 Å². The molecule has 3 nitrogen and oxygen atoms in total. The third-order valence-corrected chi connectivity index (χ3v) is 3.51. The number of amides is 1. The molecule has 92 valence electrons. The Morgan fingerprint density at radius 3 is 2.88 bits per heavy atom. The third kappa shape index (κ3) is 2.45. The van der Waals surface area contributed by atoms with Gasteiger partial charge in [-0.15, -0.1) is 0 Å². The highest BCUT2D eigenvalue weighted by atomic mass is 35.5. The molecule has 1 aliphatic heterocycles. The fourth-order valence-electron chi connectivity index (χ4n) is 2.15. The van der Waals surface area contributed by atoms with Crippen molar-refractivity contribution in [2.75, 3.05) is 11.9 Å². The second-order valence-electron chi connectivity index (χ2n) is 4.50. The number of carbonyl (C=O) groups excluding carboxylic acids is 1. The lowest BCUT2D eigenvalue weighted by molar-refractivity contribution is -0.116.